The van der Waals surface area contributed by atoms with Crippen LogP contribution in [0.3, 0.4) is 0 Å². The first-order chi connectivity index (χ1) is 8.45. The van der Waals surface area contributed by atoms with Gasteiger partial charge in [-0.25, -0.2) is 0 Å². The van der Waals surface area contributed by atoms with Crippen molar-refractivity contribution in [3.8, 4) is 0 Å². The summed E-state index contributed by atoms with van der Waals surface area (Å²) in [7, 11) is 0. The lowest BCUT2D eigenvalue weighted by atomic mass is 9.88. The van der Waals surface area contributed by atoms with E-state index in [0.717, 1.165) is 24.0 Å². The highest BCUT2D eigenvalue weighted by molar-refractivity contribution is 5.95. The molecule has 0 atom stereocenters. The largest absolute Gasteiger partial charge is 0.386 e. The predicted octanol–water partition coefficient (Wildman–Crippen LogP) is 2.29. The number of nitrogens with zero attached hydrogens (tertiary/aromatic N) is 1. The van der Waals surface area contributed by atoms with Crippen LogP contribution in [0.25, 0.3) is 0 Å². The summed E-state index contributed by atoms with van der Waals surface area (Å²) in [5.74, 6) is 0.0267. The first kappa shape index (κ1) is 13.1. The highest BCUT2D eigenvalue weighted by atomic mass is 16.3. The lowest BCUT2D eigenvalue weighted by molar-refractivity contribution is -0.0860. The molecular weight excluding hydrogens is 226 g/mol. The standard InChI is InChI=1S/C15H21NO2/c1-4-7-15(18)9-16(10-15)14(17)13-6-5-11(2)12(3)8-13/h5-6,8,18H,4,7,9-10H2,1-3H3. The molecule has 0 bridgehead atoms. The van der Waals surface area contributed by atoms with E-state index in [4.69, 9.17) is 0 Å². The van der Waals surface area contributed by atoms with Gasteiger partial charge in [0.1, 0.15) is 0 Å². The van der Waals surface area contributed by atoms with Crippen molar-refractivity contribution in [2.45, 2.75) is 39.2 Å². The zero-order valence-corrected chi connectivity index (χ0v) is 11.4. The van der Waals surface area contributed by atoms with E-state index in [9.17, 15) is 9.90 Å². The molecule has 1 fully saturated rings. The van der Waals surface area contributed by atoms with Gasteiger partial charge in [0.25, 0.3) is 5.91 Å². The molecule has 1 heterocycles. The molecule has 0 saturated carbocycles. The van der Waals surface area contributed by atoms with Crippen molar-refractivity contribution in [1.82, 2.24) is 4.90 Å². The van der Waals surface area contributed by atoms with Gasteiger partial charge in [0.05, 0.1) is 18.7 Å². The summed E-state index contributed by atoms with van der Waals surface area (Å²) < 4.78 is 0. The Balaban J connectivity index is 2.03. The van der Waals surface area contributed by atoms with Crippen molar-refractivity contribution < 1.29 is 9.90 Å². The van der Waals surface area contributed by atoms with E-state index in [1.165, 1.54) is 5.56 Å². The molecule has 0 radical (unpaired) electrons. The molecule has 2 rings (SSSR count). The van der Waals surface area contributed by atoms with Gasteiger partial charge in [0, 0.05) is 5.56 Å². The van der Waals surface area contributed by atoms with Gasteiger partial charge in [0.15, 0.2) is 0 Å². The minimum atomic E-state index is -0.649. The molecule has 1 N–H and O–H groups in total. The van der Waals surface area contributed by atoms with Gasteiger partial charge < -0.3 is 10.0 Å². The fourth-order valence-corrected chi connectivity index (χ4v) is 2.49. The third-order valence-corrected chi connectivity index (χ3v) is 3.73. The van der Waals surface area contributed by atoms with Crippen molar-refractivity contribution in [3.05, 3.63) is 34.9 Å². The molecule has 1 amide bonds. The van der Waals surface area contributed by atoms with Crippen LogP contribution in [0.15, 0.2) is 18.2 Å². The maximum Gasteiger partial charge on any atom is 0.254 e. The Morgan fingerprint density at radius 3 is 2.56 bits per heavy atom. The van der Waals surface area contributed by atoms with Crippen LogP contribution in [0.1, 0.15) is 41.3 Å². The lowest BCUT2D eigenvalue weighted by Gasteiger charge is -2.46. The van der Waals surface area contributed by atoms with Crippen molar-refractivity contribution in [2.24, 2.45) is 0 Å². The van der Waals surface area contributed by atoms with Crippen LogP contribution in [0, 0.1) is 13.8 Å². The van der Waals surface area contributed by atoms with E-state index in [1.54, 1.807) is 4.90 Å². The van der Waals surface area contributed by atoms with Crippen molar-refractivity contribution in [1.29, 1.82) is 0 Å². The number of β-amino-alcohol motifs (C(OH)–C–C–N with tert-alkyl or cyclic N) is 1. The molecule has 0 aliphatic carbocycles. The number of hydrogen-bond acceptors (Lipinski definition) is 2. The zero-order valence-electron chi connectivity index (χ0n) is 11.4. The summed E-state index contributed by atoms with van der Waals surface area (Å²) in [5.41, 5.74) is 2.39. The summed E-state index contributed by atoms with van der Waals surface area (Å²) >= 11 is 0. The van der Waals surface area contributed by atoms with E-state index in [1.807, 2.05) is 39.0 Å². The Morgan fingerprint density at radius 1 is 1.33 bits per heavy atom. The molecule has 1 aromatic rings. The van der Waals surface area contributed by atoms with Crippen LogP contribution in [0.4, 0.5) is 0 Å². The number of carbonyl (C=O) groups is 1. The van der Waals surface area contributed by atoms with E-state index >= 15 is 0 Å². The molecule has 3 heteroatoms. The number of aryl methyl sites for hydroxylation is 2. The van der Waals surface area contributed by atoms with Crippen molar-refractivity contribution in [2.75, 3.05) is 13.1 Å². The summed E-state index contributed by atoms with van der Waals surface area (Å²) in [4.78, 5) is 13.9. The first-order valence-electron chi connectivity index (χ1n) is 6.54. The van der Waals surface area contributed by atoms with E-state index in [0.29, 0.717) is 13.1 Å². The molecule has 98 valence electrons. The molecule has 18 heavy (non-hydrogen) atoms. The number of aliphatic hydroxyl groups is 1. The van der Waals surface area contributed by atoms with Gasteiger partial charge >= 0.3 is 0 Å². The lowest BCUT2D eigenvalue weighted by Crippen LogP contribution is -2.63. The van der Waals surface area contributed by atoms with Crippen LogP contribution in [0.5, 0.6) is 0 Å². The van der Waals surface area contributed by atoms with Crippen LogP contribution in [-0.2, 0) is 0 Å². The average molecular weight is 247 g/mol. The quantitative estimate of drug-likeness (QED) is 0.890. The number of likely N-dealkylation sites (tertiary alicyclic amines) is 1. The van der Waals surface area contributed by atoms with Gasteiger partial charge in [-0.1, -0.05) is 19.4 Å². The highest BCUT2D eigenvalue weighted by Gasteiger charge is 2.42. The summed E-state index contributed by atoms with van der Waals surface area (Å²) in [5, 5.41) is 10.1. The Morgan fingerprint density at radius 2 is 2.00 bits per heavy atom. The molecule has 0 unspecified atom stereocenters. The molecule has 0 spiro atoms. The van der Waals surface area contributed by atoms with Crippen LogP contribution in [-0.4, -0.2) is 34.6 Å². The minimum absolute atomic E-state index is 0.0267. The molecule has 1 saturated heterocycles. The second-order valence-electron chi connectivity index (χ2n) is 5.43. The second-order valence-corrected chi connectivity index (χ2v) is 5.43. The minimum Gasteiger partial charge on any atom is -0.386 e. The SMILES string of the molecule is CCCC1(O)CN(C(=O)c2ccc(C)c(C)c2)C1. The number of amides is 1. The fraction of sp³-hybridized carbons (Fsp3) is 0.533. The van der Waals surface area contributed by atoms with E-state index in [-0.39, 0.29) is 5.91 Å². The Labute approximate surface area is 108 Å². The third-order valence-electron chi connectivity index (χ3n) is 3.73. The number of hydrogen-bond donors (Lipinski definition) is 1. The predicted molar refractivity (Wildman–Crippen MR) is 71.7 cm³/mol. The summed E-state index contributed by atoms with van der Waals surface area (Å²) in [6.45, 7) is 7.02. The van der Waals surface area contributed by atoms with Crippen LogP contribution in [0.2, 0.25) is 0 Å². The summed E-state index contributed by atoms with van der Waals surface area (Å²) in [6, 6.07) is 5.76. The first-order valence-corrected chi connectivity index (χ1v) is 6.54. The molecule has 1 aliphatic rings. The van der Waals surface area contributed by atoms with E-state index < -0.39 is 5.60 Å². The van der Waals surface area contributed by atoms with E-state index in [2.05, 4.69) is 0 Å². The maximum atomic E-state index is 12.2. The smallest absolute Gasteiger partial charge is 0.254 e. The van der Waals surface area contributed by atoms with Crippen LogP contribution < -0.4 is 0 Å². The number of carbonyl (C=O) groups excluding carboxylic acids is 1. The number of benzene rings is 1. The van der Waals surface area contributed by atoms with Crippen molar-refractivity contribution in [3.63, 3.8) is 0 Å². The normalized spacial score (nSPS) is 17.4. The molecular formula is C15H21NO2. The van der Waals surface area contributed by atoms with Gasteiger partial charge in [-0.2, -0.15) is 0 Å². The number of rotatable bonds is 3. The van der Waals surface area contributed by atoms with Gasteiger partial charge in [0.2, 0.25) is 0 Å². The molecule has 0 aromatic heterocycles. The molecule has 1 aliphatic heterocycles. The van der Waals surface area contributed by atoms with Crippen molar-refractivity contribution >= 4 is 5.91 Å². The Bertz CT molecular complexity index is 462. The Hall–Kier alpha value is -1.35. The molecule has 3 nitrogen and oxygen atoms in total. The van der Waals surface area contributed by atoms with Gasteiger partial charge in [-0.05, 0) is 43.5 Å². The topological polar surface area (TPSA) is 40.5 Å². The third kappa shape index (κ3) is 2.41. The summed E-state index contributed by atoms with van der Waals surface area (Å²) in [6.07, 6.45) is 1.71. The second kappa shape index (κ2) is 4.73. The fourth-order valence-electron chi connectivity index (χ4n) is 2.49. The maximum absolute atomic E-state index is 12.2. The Kier molecular flexibility index (Phi) is 3.44. The zero-order chi connectivity index (χ0) is 13.3. The van der Waals surface area contributed by atoms with Gasteiger partial charge in [-0.15, -0.1) is 0 Å². The average Bonchev–Trinajstić information content (AvgIpc) is 2.29. The van der Waals surface area contributed by atoms with Gasteiger partial charge in [-0.3, -0.25) is 4.79 Å². The van der Waals surface area contributed by atoms with Crippen LogP contribution >= 0.6 is 0 Å². The monoisotopic (exact) mass is 247 g/mol. The molecule has 1 aromatic carbocycles. The highest BCUT2D eigenvalue weighted by Crippen LogP contribution is 2.27.